The van der Waals surface area contributed by atoms with Crippen molar-refractivity contribution >= 4 is 11.6 Å². The zero-order valence-corrected chi connectivity index (χ0v) is 13.2. The van der Waals surface area contributed by atoms with Crippen molar-refractivity contribution in [1.82, 2.24) is 10.3 Å². The number of amides is 1. The highest BCUT2D eigenvalue weighted by atomic mass is 16.5. The third-order valence-electron chi connectivity index (χ3n) is 4.07. The number of pyridine rings is 1. The summed E-state index contributed by atoms with van der Waals surface area (Å²) in [5.74, 6) is -0.0536. The van der Waals surface area contributed by atoms with Crippen LogP contribution in [0.2, 0.25) is 0 Å². The fraction of sp³-hybridized carbons (Fsp3) is 0.625. The maximum Gasteiger partial charge on any atom is 0.254 e. The van der Waals surface area contributed by atoms with E-state index in [0.29, 0.717) is 12.1 Å². The lowest BCUT2D eigenvalue weighted by atomic mass is 10.0. The minimum atomic E-state index is -0.0536. The maximum absolute atomic E-state index is 12.4. The van der Waals surface area contributed by atoms with Crippen LogP contribution in [0.5, 0.6) is 0 Å². The molecule has 0 atom stereocenters. The molecule has 1 aliphatic rings. The molecule has 0 aliphatic heterocycles. The minimum Gasteiger partial charge on any atom is -0.385 e. The minimum absolute atomic E-state index is 0.0536. The molecule has 1 aromatic heterocycles. The second-order valence-electron chi connectivity index (χ2n) is 5.83. The normalized spacial score (nSPS) is 15.6. The zero-order valence-electron chi connectivity index (χ0n) is 13.2. The van der Waals surface area contributed by atoms with Crippen molar-refractivity contribution < 1.29 is 9.53 Å². The molecule has 116 valence electrons. The molecule has 2 N–H and O–H groups in total. The van der Waals surface area contributed by atoms with E-state index in [-0.39, 0.29) is 11.3 Å². The van der Waals surface area contributed by atoms with E-state index in [2.05, 4.69) is 15.6 Å². The van der Waals surface area contributed by atoms with Gasteiger partial charge >= 0.3 is 0 Å². The molecule has 0 unspecified atom stereocenters. The summed E-state index contributed by atoms with van der Waals surface area (Å²) in [6, 6.07) is 1.91. The molecule has 0 bridgehead atoms. The summed E-state index contributed by atoms with van der Waals surface area (Å²) in [7, 11) is 1.72. The topological polar surface area (TPSA) is 63.2 Å². The number of hydrogen-bond acceptors (Lipinski definition) is 4. The van der Waals surface area contributed by atoms with Crippen LogP contribution in [0, 0.1) is 12.3 Å². The molecule has 0 aromatic carbocycles. The van der Waals surface area contributed by atoms with Gasteiger partial charge in [-0.15, -0.1) is 0 Å². The Hall–Kier alpha value is -1.62. The van der Waals surface area contributed by atoms with Crippen LogP contribution in [-0.2, 0) is 4.74 Å². The summed E-state index contributed by atoms with van der Waals surface area (Å²) >= 11 is 0. The number of rotatable bonds is 8. The Morgan fingerprint density at radius 2 is 2.24 bits per heavy atom. The summed E-state index contributed by atoms with van der Waals surface area (Å²) in [5.41, 5.74) is 2.62. The fourth-order valence-corrected chi connectivity index (χ4v) is 2.45. The van der Waals surface area contributed by atoms with Crippen LogP contribution in [0.15, 0.2) is 12.3 Å². The Balaban J connectivity index is 1.97. The number of methoxy groups -OCH3 is 1. The Bertz CT molecular complexity index is 498. The summed E-state index contributed by atoms with van der Waals surface area (Å²) < 4.78 is 5.14. The van der Waals surface area contributed by atoms with Gasteiger partial charge in [-0.3, -0.25) is 9.78 Å². The molecule has 0 spiro atoms. The van der Waals surface area contributed by atoms with Crippen LogP contribution < -0.4 is 10.6 Å². The molecule has 5 heteroatoms. The number of nitrogens with one attached hydrogen (secondary N) is 2. The highest BCUT2D eigenvalue weighted by molar-refractivity contribution is 5.99. The molecule has 1 heterocycles. The quantitative estimate of drug-likeness (QED) is 0.772. The molecule has 5 nitrogen and oxygen atoms in total. The monoisotopic (exact) mass is 291 g/mol. The van der Waals surface area contributed by atoms with Gasteiger partial charge in [-0.05, 0) is 44.6 Å². The molecule has 0 saturated heterocycles. The van der Waals surface area contributed by atoms with Crippen LogP contribution in [0.3, 0.4) is 0 Å². The second kappa shape index (κ2) is 6.89. The number of carbonyl (C=O) groups is 1. The van der Waals surface area contributed by atoms with Crippen molar-refractivity contribution in [2.45, 2.75) is 33.1 Å². The Kier molecular flexibility index (Phi) is 5.17. The van der Waals surface area contributed by atoms with Crippen molar-refractivity contribution in [3.05, 3.63) is 23.5 Å². The number of hydrogen-bond donors (Lipinski definition) is 2. The van der Waals surface area contributed by atoms with Gasteiger partial charge in [-0.1, -0.05) is 0 Å². The van der Waals surface area contributed by atoms with Crippen molar-refractivity contribution in [1.29, 1.82) is 0 Å². The smallest absolute Gasteiger partial charge is 0.254 e. The molecule has 1 fully saturated rings. The first-order valence-corrected chi connectivity index (χ1v) is 7.58. The van der Waals surface area contributed by atoms with Crippen molar-refractivity contribution in [2.75, 3.05) is 32.1 Å². The van der Waals surface area contributed by atoms with Gasteiger partial charge in [0.1, 0.15) is 0 Å². The maximum atomic E-state index is 12.4. The second-order valence-corrected chi connectivity index (χ2v) is 5.83. The third-order valence-corrected chi connectivity index (χ3v) is 4.07. The summed E-state index contributed by atoms with van der Waals surface area (Å²) in [4.78, 5) is 16.6. The SMILES string of the molecule is CCNc1cc(C)ncc1C(=O)NCC1(CCOC)CC1. The van der Waals surface area contributed by atoms with Gasteiger partial charge in [0.25, 0.3) is 5.91 Å². The van der Waals surface area contributed by atoms with E-state index in [1.54, 1.807) is 13.3 Å². The van der Waals surface area contributed by atoms with Gasteiger partial charge in [0, 0.05) is 38.7 Å². The zero-order chi connectivity index (χ0) is 15.3. The third kappa shape index (κ3) is 4.17. The molecule has 2 rings (SSSR count). The van der Waals surface area contributed by atoms with Gasteiger partial charge in [-0.25, -0.2) is 0 Å². The number of carbonyl (C=O) groups excluding carboxylic acids is 1. The number of anilines is 1. The average Bonchev–Trinajstić information content (AvgIpc) is 3.24. The molecular formula is C16H25N3O2. The highest BCUT2D eigenvalue weighted by Crippen LogP contribution is 2.48. The summed E-state index contributed by atoms with van der Waals surface area (Å²) in [5, 5.41) is 6.28. The number of aryl methyl sites for hydroxylation is 1. The van der Waals surface area contributed by atoms with Crippen LogP contribution in [0.25, 0.3) is 0 Å². The predicted octanol–water partition coefficient (Wildman–Crippen LogP) is 2.37. The highest BCUT2D eigenvalue weighted by Gasteiger charge is 2.42. The van der Waals surface area contributed by atoms with Crippen molar-refractivity contribution in [3.8, 4) is 0 Å². The van der Waals surface area contributed by atoms with Crippen LogP contribution >= 0.6 is 0 Å². The standard InChI is InChI=1S/C16H25N3O2/c1-4-17-14-9-12(2)18-10-13(14)15(20)19-11-16(5-6-16)7-8-21-3/h9-10H,4-8,11H2,1-3H3,(H,17,18)(H,19,20). The fourth-order valence-electron chi connectivity index (χ4n) is 2.45. The lowest BCUT2D eigenvalue weighted by Crippen LogP contribution is -2.31. The Labute approximate surface area is 126 Å². The first kappa shape index (κ1) is 15.8. The molecule has 1 amide bonds. The van der Waals surface area contributed by atoms with Gasteiger partial charge in [0.2, 0.25) is 0 Å². The largest absolute Gasteiger partial charge is 0.385 e. The van der Waals surface area contributed by atoms with Gasteiger partial charge in [0.15, 0.2) is 0 Å². The van der Waals surface area contributed by atoms with Crippen molar-refractivity contribution in [3.63, 3.8) is 0 Å². The van der Waals surface area contributed by atoms with E-state index < -0.39 is 0 Å². The molecule has 0 radical (unpaired) electrons. The van der Waals surface area contributed by atoms with E-state index in [0.717, 1.165) is 31.0 Å². The number of nitrogens with zero attached hydrogens (tertiary/aromatic N) is 1. The van der Waals surface area contributed by atoms with Gasteiger partial charge < -0.3 is 15.4 Å². The van der Waals surface area contributed by atoms with Gasteiger partial charge in [-0.2, -0.15) is 0 Å². The summed E-state index contributed by atoms with van der Waals surface area (Å²) in [6.07, 6.45) is 5.00. The van der Waals surface area contributed by atoms with E-state index in [4.69, 9.17) is 4.74 Å². The van der Waals surface area contributed by atoms with Crippen molar-refractivity contribution in [2.24, 2.45) is 5.41 Å². The Morgan fingerprint density at radius 1 is 1.48 bits per heavy atom. The number of ether oxygens (including phenoxy) is 1. The first-order valence-electron chi connectivity index (χ1n) is 7.58. The Morgan fingerprint density at radius 3 is 2.86 bits per heavy atom. The van der Waals surface area contributed by atoms with Crippen LogP contribution in [-0.4, -0.2) is 37.7 Å². The van der Waals surface area contributed by atoms with Crippen LogP contribution in [0.1, 0.15) is 42.2 Å². The first-order chi connectivity index (χ1) is 10.1. The van der Waals surface area contributed by atoms with E-state index in [1.807, 2.05) is 19.9 Å². The lowest BCUT2D eigenvalue weighted by molar-refractivity contribution is 0.0938. The molecule has 1 aliphatic carbocycles. The lowest BCUT2D eigenvalue weighted by Gasteiger charge is -2.17. The van der Waals surface area contributed by atoms with E-state index >= 15 is 0 Å². The molecule has 21 heavy (non-hydrogen) atoms. The van der Waals surface area contributed by atoms with E-state index in [1.165, 1.54) is 12.8 Å². The number of aromatic nitrogens is 1. The predicted molar refractivity (Wildman–Crippen MR) is 83.6 cm³/mol. The van der Waals surface area contributed by atoms with E-state index in [9.17, 15) is 4.79 Å². The average molecular weight is 291 g/mol. The molecule has 1 saturated carbocycles. The summed E-state index contributed by atoms with van der Waals surface area (Å²) in [6.45, 7) is 6.19. The van der Waals surface area contributed by atoms with Gasteiger partial charge in [0.05, 0.1) is 11.3 Å². The molecular weight excluding hydrogens is 266 g/mol. The van der Waals surface area contributed by atoms with Crippen LogP contribution in [0.4, 0.5) is 5.69 Å². The molecule has 1 aromatic rings.